The molecule has 0 saturated carbocycles. The zero-order valence-electron chi connectivity index (χ0n) is 12.9. The van der Waals surface area contributed by atoms with Crippen LogP contribution in [0.2, 0.25) is 0 Å². The van der Waals surface area contributed by atoms with E-state index in [9.17, 15) is 0 Å². The Morgan fingerprint density at radius 2 is 1.95 bits per heavy atom. The third-order valence-corrected chi connectivity index (χ3v) is 4.44. The number of hydrogen-bond donors (Lipinski definition) is 0. The largest absolute Gasteiger partial charge is 0.320 e. The first-order valence-corrected chi connectivity index (χ1v) is 7.80. The van der Waals surface area contributed by atoms with Gasteiger partial charge in [-0.1, -0.05) is 25.1 Å². The number of pyridine rings is 1. The Bertz CT molecular complexity index is 802. The average Bonchev–Trinajstić information content (AvgIpc) is 2.88. The lowest BCUT2D eigenvalue weighted by molar-refractivity contribution is 0.341. The SMILES string of the molecule is CCC(C)(C)n1c(C(C)Cl)nc2cnc3ccccc3c21. The smallest absolute Gasteiger partial charge is 0.128 e. The van der Waals surface area contributed by atoms with E-state index < -0.39 is 0 Å². The second-order valence-electron chi connectivity index (χ2n) is 6.10. The summed E-state index contributed by atoms with van der Waals surface area (Å²) >= 11 is 6.39. The fourth-order valence-electron chi connectivity index (χ4n) is 2.76. The predicted molar refractivity (Wildman–Crippen MR) is 88.9 cm³/mol. The molecule has 0 amide bonds. The average molecular weight is 302 g/mol. The highest BCUT2D eigenvalue weighted by Crippen LogP contribution is 2.35. The summed E-state index contributed by atoms with van der Waals surface area (Å²) in [6.45, 7) is 8.62. The number of rotatable bonds is 3. The minimum absolute atomic E-state index is 0.0443. The van der Waals surface area contributed by atoms with Crippen LogP contribution in [0.5, 0.6) is 0 Å². The van der Waals surface area contributed by atoms with E-state index >= 15 is 0 Å². The second kappa shape index (κ2) is 4.99. The van der Waals surface area contributed by atoms with Crippen LogP contribution in [-0.4, -0.2) is 14.5 Å². The Balaban J connectivity index is 2.50. The molecule has 2 heterocycles. The fourth-order valence-corrected chi connectivity index (χ4v) is 2.91. The topological polar surface area (TPSA) is 30.7 Å². The van der Waals surface area contributed by atoms with E-state index in [2.05, 4.69) is 36.4 Å². The number of aromatic nitrogens is 3. The monoisotopic (exact) mass is 301 g/mol. The van der Waals surface area contributed by atoms with E-state index in [1.54, 1.807) is 0 Å². The number of fused-ring (bicyclic) bond motifs is 3. The molecule has 3 aromatic rings. The lowest BCUT2D eigenvalue weighted by Gasteiger charge is -2.29. The van der Waals surface area contributed by atoms with Crippen LogP contribution in [0.3, 0.4) is 0 Å². The molecule has 1 unspecified atom stereocenters. The first-order chi connectivity index (χ1) is 9.95. The molecule has 1 atom stereocenters. The van der Waals surface area contributed by atoms with E-state index in [0.717, 1.165) is 34.2 Å². The Morgan fingerprint density at radius 3 is 2.62 bits per heavy atom. The number of alkyl halides is 1. The molecule has 1 aromatic carbocycles. The van der Waals surface area contributed by atoms with Crippen LogP contribution in [0.25, 0.3) is 21.9 Å². The molecule has 0 radical (unpaired) electrons. The maximum absolute atomic E-state index is 6.39. The van der Waals surface area contributed by atoms with Crippen molar-refractivity contribution in [2.45, 2.75) is 45.0 Å². The highest BCUT2D eigenvalue weighted by atomic mass is 35.5. The van der Waals surface area contributed by atoms with Gasteiger partial charge < -0.3 is 4.57 Å². The second-order valence-corrected chi connectivity index (χ2v) is 6.75. The summed E-state index contributed by atoms with van der Waals surface area (Å²) in [6, 6.07) is 8.20. The van der Waals surface area contributed by atoms with Crippen molar-refractivity contribution in [1.29, 1.82) is 0 Å². The van der Waals surface area contributed by atoms with Crippen molar-refractivity contribution in [2.24, 2.45) is 0 Å². The lowest BCUT2D eigenvalue weighted by atomic mass is 10.0. The molecule has 3 nitrogen and oxygen atoms in total. The summed E-state index contributed by atoms with van der Waals surface area (Å²) in [5.74, 6) is 0.914. The fraction of sp³-hybridized carbons (Fsp3) is 0.412. The van der Waals surface area contributed by atoms with Crippen molar-refractivity contribution >= 4 is 33.5 Å². The van der Waals surface area contributed by atoms with Gasteiger partial charge in [-0.25, -0.2) is 4.98 Å². The summed E-state index contributed by atoms with van der Waals surface area (Å²) in [4.78, 5) is 9.26. The predicted octanol–water partition coefficient (Wildman–Crippen LogP) is 5.03. The summed E-state index contributed by atoms with van der Waals surface area (Å²) < 4.78 is 2.30. The zero-order valence-corrected chi connectivity index (χ0v) is 13.6. The minimum atomic E-state index is -0.137. The summed E-state index contributed by atoms with van der Waals surface area (Å²) in [7, 11) is 0. The van der Waals surface area contributed by atoms with Gasteiger partial charge in [0.25, 0.3) is 0 Å². The summed E-state index contributed by atoms with van der Waals surface area (Å²) in [5.41, 5.74) is 3.00. The van der Waals surface area contributed by atoms with Crippen LogP contribution in [-0.2, 0) is 5.54 Å². The Labute approximate surface area is 130 Å². The number of imidazole rings is 1. The van der Waals surface area contributed by atoms with Gasteiger partial charge in [-0.3, -0.25) is 4.98 Å². The highest BCUT2D eigenvalue weighted by Gasteiger charge is 2.27. The molecule has 2 aromatic heterocycles. The van der Waals surface area contributed by atoms with Gasteiger partial charge in [-0.15, -0.1) is 11.6 Å². The molecule has 21 heavy (non-hydrogen) atoms. The van der Waals surface area contributed by atoms with Crippen molar-refractivity contribution in [3.8, 4) is 0 Å². The van der Waals surface area contributed by atoms with Gasteiger partial charge in [-0.2, -0.15) is 0 Å². The molecule has 0 saturated heterocycles. The molecule has 0 aliphatic carbocycles. The van der Waals surface area contributed by atoms with Gasteiger partial charge in [-0.05, 0) is 33.3 Å². The highest BCUT2D eigenvalue weighted by molar-refractivity contribution is 6.20. The van der Waals surface area contributed by atoms with Crippen LogP contribution in [0.15, 0.2) is 30.5 Å². The standard InChI is InChI=1S/C17H20ClN3/c1-5-17(3,4)21-15-12-8-6-7-9-13(12)19-10-14(15)20-16(21)11(2)18/h6-11H,5H2,1-4H3. The zero-order chi connectivity index (χ0) is 15.2. The van der Waals surface area contributed by atoms with Gasteiger partial charge in [0.15, 0.2) is 0 Å². The van der Waals surface area contributed by atoms with Crippen molar-refractivity contribution in [1.82, 2.24) is 14.5 Å². The molecule has 4 heteroatoms. The van der Waals surface area contributed by atoms with Crippen molar-refractivity contribution < 1.29 is 0 Å². The van der Waals surface area contributed by atoms with Gasteiger partial charge in [0.1, 0.15) is 11.3 Å². The molecule has 0 fully saturated rings. The number of nitrogens with zero attached hydrogens (tertiary/aromatic N) is 3. The molecular formula is C17H20ClN3. The van der Waals surface area contributed by atoms with Crippen LogP contribution in [0.4, 0.5) is 0 Å². The van der Waals surface area contributed by atoms with Crippen molar-refractivity contribution in [2.75, 3.05) is 0 Å². The van der Waals surface area contributed by atoms with Crippen LogP contribution >= 0.6 is 11.6 Å². The first kappa shape index (κ1) is 14.3. The Morgan fingerprint density at radius 1 is 1.24 bits per heavy atom. The van der Waals surface area contributed by atoms with Gasteiger partial charge in [0.2, 0.25) is 0 Å². The quantitative estimate of drug-likeness (QED) is 0.635. The number of hydrogen-bond acceptors (Lipinski definition) is 2. The van der Waals surface area contributed by atoms with Gasteiger partial charge >= 0.3 is 0 Å². The molecule has 0 spiro atoms. The van der Waals surface area contributed by atoms with E-state index in [0.29, 0.717) is 0 Å². The lowest BCUT2D eigenvalue weighted by Crippen LogP contribution is -2.27. The number of benzene rings is 1. The first-order valence-electron chi connectivity index (χ1n) is 7.36. The van der Waals surface area contributed by atoms with E-state index in [-0.39, 0.29) is 10.9 Å². The molecule has 3 rings (SSSR count). The number of halogens is 1. The van der Waals surface area contributed by atoms with Crippen molar-refractivity contribution in [3.63, 3.8) is 0 Å². The van der Waals surface area contributed by atoms with E-state index in [1.807, 2.05) is 31.3 Å². The Kier molecular flexibility index (Phi) is 3.40. The van der Waals surface area contributed by atoms with Crippen LogP contribution in [0, 0.1) is 0 Å². The number of para-hydroxylation sites is 1. The van der Waals surface area contributed by atoms with Crippen LogP contribution < -0.4 is 0 Å². The molecule has 0 aliphatic rings. The molecule has 0 bridgehead atoms. The van der Waals surface area contributed by atoms with Crippen LogP contribution in [0.1, 0.15) is 45.3 Å². The molecular weight excluding hydrogens is 282 g/mol. The van der Waals surface area contributed by atoms with Gasteiger partial charge in [0.05, 0.1) is 22.6 Å². The van der Waals surface area contributed by atoms with E-state index in [1.165, 1.54) is 0 Å². The maximum Gasteiger partial charge on any atom is 0.128 e. The molecule has 0 N–H and O–H groups in total. The molecule has 110 valence electrons. The van der Waals surface area contributed by atoms with E-state index in [4.69, 9.17) is 16.6 Å². The van der Waals surface area contributed by atoms with Crippen molar-refractivity contribution in [3.05, 3.63) is 36.3 Å². The molecule has 0 aliphatic heterocycles. The maximum atomic E-state index is 6.39. The summed E-state index contributed by atoms with van der Waals surface area (Å²) in [5, 5.41) is 0.995. The third-order valence-electron chi connectivity index (χ3n) is 4.24. The van der Waals surface area contributed by atoms with Gasteiger partial charge in [0, 0.05) is 10.9 Å². The third kappa shape index (κ3) is 2.20. The normalized spacial score (nSPS) is 14.0. The summed E-state index contributed by atoms with van der Waals surface area (Å²) in [6.07, 6.45) is 2.86. The minimum Gasteiger partial charge on any atom is -0.320 e. The Hall–Kier alpha value is -1.61.